The lowest BCUT2D eigenvalue weighted by molar-refractivity contribution is 0.0657. The normalized spacial score (nSPS) is 13.0. The molecule has 0 aliphatic heterocycles. The van der Waals surface area contributed by atoms with E-state index in [-0.39, 0.29) is 11.9 Å². The molecule has 12 heavy (non-hydrogen) atoms. The van der Waals surface area contributed by atoms with Gasteiger partial charge in [0, 0.05) is 4.47 Å². The minimum Gasteiger partial charge on any atom is -0.297 e. The van der Waals surface area contributed by atoms with Gasteiger partial charge in [-0.3, -0.25) is 4.84 Å². The molecule has 1 unspecified atom stereocenters. The number of rotatable bonds is 2. The van der Waals surface area contributed by atoms with Crippen LogP contribution >= 0.6 is 15.9 Å². The summed E-state index contributed by atoms with van der Waals surface area (Å²) in [6, 6.07) is 4.39. The second-order valence-corrected chi connectivity index (χ2v) is 3.30. The molecule has 0 aromatic heterocycles. The summed E-state index contributed by atoms with van der Waals surface area (Å²) in [5.41, 5.74) is 0.706. The molecule has 0 radical (unpaired) electrons. The Hall–Kier alpha value is -0.450. The molecule has 2 nitrogen and oxygen atoms in total. The highest BCUT2D eigenvalue weighted by Gasteiger charge is 2.09. The Kier molecular flexibility index (Phi) is 3.20. The van der Waals surface area contributed by atoms with Gasteiger partial charge in [-0.05, 0) is 30.7 Å². The number of halogens is 2. The van der Waals surface area contributed by atoms with Gasteiger partial charge in [-0.1, -0.05) is 15.9 Å². The highest BCUT2D eigenvalue weighted by Crippen LogP contribution is 2.25. The van der Waals surface area contributed by atoms with E-state index in [9.17, 15) is 4.39 Å². The Morgan fingerprint density at radius 3 is 2.83 bits per heavy atom. The molecule has 4 heteroatoms. The van der Waals surface area contributed by atoms with Gasteiger partial charge < -0.3 is 0 Å². The fourth-order valence-electron chi connectivity index (χ4n) is 0.899. The van der Waals surface area contributed by atoms with Crippen LogP contribution in [-0.2, 0) is 4.84 Å². The summed E-state index contributed by atoms with van der Waals surface area (Å²) in [5.74, 6) is 4.69. The Labute approximate surface area is 78.6 Å². The van der Waals surface area contributed by atoms with Crippen LogP contribution in [0.15, 0.2) is 22.7 Å². The molecule has 1 aromatic rings. The van der Waals surface area contributed by atoms with E-state index >= 15 is 0 Å². The Morgan fingerprint density at radius 1 is 1.58 bits per heavy atom. The van der Waals surface area contributed by atoms with E-state index in [1.165, 1.54) is 12.1 Å². The molecule has 1 atom stereocenters. The van der Waals surface area contributed by atoms with Crippen molar-refractivity contribution < 1.29 is 9.23 Å². The van der Waals surface area contributed by atoms with Crippen molar-refractivity contribution in [2.75, 3.05) is 0 Å². The average molecular weight is 234 g/mol. The highest BCUT2D eigenvalue weighted by atomic mass is 79.9. The van der Waals surface area contributed by atoms with Gasteiger partial charge in [-0.15, -0.1) is 0 Å². The zero-order valence-corrected chi connectivity index (χ0v) is 8.14. The maximum absolute atomic E-state index is 12.7. The van der Waals surface area contributed by atoms with Gasteiger partial charge in [0.2, 0.25) is 0 Å². The second kappa shape index (κ2) is 3.98. The number of hydrogen-bond donors (Lipinski definition) is 1. The van der Waals surface area contributed by atoms with Crippen LogP contribution in [0.25, 0.3) is 0 Å². The van der Waals surface area contributed by atoms with Crippen molar-refractivity contribution in [1.29, 1.82) is 0 Å². The first kappa shape index (κ1) is 9.64. The lowest BCUT2D eigenvalue weighted by Crippen LogP contribution is -2.06. The van der Waals surface area contributed by atoms with Gasteiger partial charge in [-0.25, -0.2) is 10.3 Å². The third-order valence-corrected chi connectivity index (χ3v) is 2.32. The molecular formula is C8H9BrFNO. The first-order chi connectivity index (χ1) is 5.65. The smallest absolute Gasteiger partial charge is 0.123 e. The number of nitrogens with two attached hydrogens (primary N) is 1. The second-order valence-electron chi connectivity index (χ2n) is 2.44. The molecular weight excluding hydrogens is 225 g/mol. The van der Waals surface area contributed by atoms with E-state index in [1.807, 2.05) is 0 Å². The van der Waals surface area contributed by atoms with Crippen molar-refractivity contribution in [3.63, 3.8) is 0 Å². The summed E-state index contributed by atoms with van der Waals surface area (Å²) in [4.78, 5) is 4.58. The molecule has 0 saturated heterocycles. The zero-order valence-electron chi connectivity index (χ0n) is 6.55. The highest BCUT2D eigenvalue weighted by molar-refractivity contribution is 9.10. The van der Waals surface area contributed by atoms with Gasteiger partial charge in [0.05, 0.1) is 0 Å². The molecule has 0 aliphatic carbocycles. The maximum Gasteiger partial charge on any atom is 0.123 e. The average Bonchev–Trinajstić information content (AvgIpc) is 2.08. The minimum atomic E-state index is -0.310. The fourth-order valence-corrected chi connectivity index (χ4v) is 1.47. The lowest BCUT2D eigenvalue weighted by atomic mass is 10.1. The number of hydrogen-bond acceptors (Lipinski definition) is 2. The molecule has 0 aliphatic rings. The van der Waals surface area contributed by atoms with E-state index in [0.29, 0.717) is 5.56 Å². The van der Waals surface area contributed by atoms with E-state index in [2.05, 4.69) is 20.8 Å². The Bertz CT molecular complexity index is 280. The predicted octanol–water partition coefficient (Wildman–Crippen LogP) is 2.54. The summed E-state index contributed by atoms with van der Waals surface area (Å²) in [5, 5.41) is 0. The lowest BCUT2D eigenvalue weighted by Gasteiger charge is -2.10. The van der Waals surface area contributed by atoms with Crippen LogP contribution in [0, 0.1) is 5.82 Å². The van der Waals surface area contributed by atoms with Crippen molar-refractivity contribution in [3.8, 4) is 0 Å². The van der Waals surface area contributed by atoms with E-state index in [4.69, 9.17) is 5.90 Å². The van der Waals surface area contributed by atoms with Crippen LogP contribution in [0.3, 0.4) is 0 Å². The molecule has 66 valence electrons. The molecule has 0 heterocycles. The SMILES string of the molecule is CC(ON)c1cc(F)ccc1Br. The van der Waals surface area contributed by atoms with Gasteiger partial charge >= 0.3 is 0 Å². The molecule has 0 saturated carbocycles. The predicted molar refractivity (Wildman–Crippen MR) is 47.8 cm³/mol. The molecule has 0 bridgehead atoms. The monoisotopic (exact) mass is 233 g/mol. The first-order valence-corrected chi connectivity index (χ1v) is 4.25. The largest absolute Gasteiger partial charge is 0.297 e. The maximum atomic E-state index is 12.7. The van der Waals surface area contributed by atoms with Crippen molar-refractivity contribution in [2.45, 2.75) is 13.0 Å². The minimum absolute atomic E-state index is 0.294. The molecule has 0 spiro atoms. The topological polar surface area (TPSA) is 35.2 Å². The van der Waals surface area contributed by atoms with Crippen LogP contribution in [0.4, 0.5) is 4.39 Å². The Balaban J connectivity index is 3.04. The summed E-state index contributed by atoms with van der Waals surface area (Å²) in [7, 11) is 0. The third kappa shape index (κ3) is 2.03. The van der Waals surface area contributed by atoms with Crippen LogP contribution in [0.5, 0.6) is 0 Å². The van der Waals surface area contributed by atoms with Gasteiger partial charge in [-0.2, -0.15) is 0 Å². The third-order valence-electron chi connectivity index (χ3n) is 1.60. The van der Waals surface area contributed by atoms with Crippen LogP contribution in [0.1, 0.15) is 18.6 Å². The Morgan fingerprint density at radius 2 is 2.25 bits per heavy atom. The molecule has 1 rings (SSSR count). The van der Waals surface area contributed by atoms with E-state index in [0.717, 1.165) is 4.47 Å². The van der Waals surface area contributed by atoms with Crippen molar-refractivity contribution in [2.24, 2.45) is 5.90 Å². The van der Waals surface area contributed by atoms with Gasteiger partial charge in [0.1, 0.15) is 11.9 Å². The quantitative estimate of drug-likeness (QED) is 0.798. The fraction of sp³-hybridized carbons (Fsp3) is 0.250. The van der Waals surface area contributed by atoms with Crippen LogP contribution in [-0.4, -0.2) is 0 Å². The standard InChI is InChI=1S/C8H9BrFNO/c1-5(12-11)7-4-6(10)2-3-8(7)9/h2-5H,11H2,1H3. The summed E-state index contributed by atoms with van der Waals surface area (Å²) >= 11 is 3.27. The van der Waals surface area contributed by atoms with Crippen molar-refractivity contribution in [3.05, 3.63) is 34.1 Å². The van der Waals surface area contributed by atoms with Crippen LogP contribution in [0.2, 0.25) is 0 Å². The zero-order chi connectivity index (χ0) is 9.14. The van der Waals surface area contributed by atoms with E-state index in [1.54, 1.807) is 13.0 Å². The van der Waals surface area contributed by atoms with Gasteiger partial charge in [0.15, 0.2) is 0 Å². The van der Waals surface area contributed by atoms with Crippen molar-refractivity contribution >= 4 is 15.9 Å². The van der Waals surface area contributed by atoms with Crippen LogP contribution < -0.4 is 5.90 Å². The molecule has 0 fully saturated rings. The summed E-state index contributed by atoms with van der Waals surface area (Å²) in [6.07, 6.45) is -0.310. The molecule has 0 amide bonds. The molecule has 1 aromatic carbocycles. The molecule has 2 N–H and O–H groups in total. The summed E-state index contributed by atoms with van der Waals surface area (Å²) in [6.45, 7) is 1.75. The van der Waals surface area contributed by atoms with Crippen molar-refractivity contribution in [1.82, 2.24) is 0 Å². The first-order valence-electron chi connectivity index (χ1n) is 3.45. The number of benzene rings is 1. The van der Waals surface area contributed by atoms with Gasteiger partial charge in [0.25, 0.3) is 0 Å². The summed E-state index contributed by atoms with van der Waals surface area (Å²) < 4.78 is 13.5. The van der Waals surface area contributed by atoms with E-state index < -0.39 is 0 Å².